The molecule has 0 saturated heterocycles. The first kappa shape index (κ1) is 16.1. The molecule has 1 aliphatic carbocycles. The lowest BCUT2D eigenvalue weighted by Crippen LogP contribution is -2.32. The van der Waals surface area contributed by atoms with Crippen LogP contribution in [0.15, 0.2) is 41.3 Å². The van der Waals surface area contributed by atoms with Gasteiger partial charge in [-0.05, 0) is 50.2 Å². The van der Waals surface area contributed by atoms with Crippen molar-refractivity contribution < 1.29 is 17.9 Å². The standard InChI is InChI=1S/C17H21NO4S/c19-17-14-12-13(14)8-4-2-1-3-7-11-22-15-9-5-6-10-16(15)23(20,21)18-17/h4-6,8-10,13-14H,1-3,7,11-12H2,(H,18,19)/b8-4+/t13?,14-/m0/s1. The van der Waals surface area contributed by atoms with Gasteiger partial charge in [0.05, 0.1) is 6.61 Å². The third-order valence-corrected chi connectivity index (χ3v) is 5.59. The van der Waals surface area contributed by atoms with Gasteiger partial charge in [0.15, 0.2) is 0 Å². The fourth-order valence-electron chi connectivity index (χ4n) is 2.78. The monoisotopic (exact) mass is 335 g/mol. The largest absolute Gasteiger partial charge is 0.492 e. The van der Waals surface area contributed by atoms with E-state index >= 15 is 0 Å². The van der Waals surface area contributed by atoms with E-state index in [1.807, 2.05) is 6.08 Å². The van der Waals surface area contributed by atoms with Gasteiger partial charge in [0.25, 0.3) is 10.0 Å². The average molecular weight is 335 g/mol. The minimum atomic E-state index is -3.90. The molecule has 0 aromatic heterocycles. The summed E-state index contributed by atoms with van der Waals surface area (Å²) in [5.74, 6) is -0.196. The molecule has 124 valence electrons. The Bertz CT molecular complexity index is 711. The number of benzene rings is 1. The molecule has 0 bridgehead atoms. The average Bonchev–Trinajstić information content (AvgIpc) is 3.29. The van der Waals surface area contributed by atoms with E-state index in [4.69, 9.17) is 4.74 Å². The normalized spacial score (nSPS) is 28.8. The number of allylic oxidation sites excluding steroid dienone is 2. The molecular weight excluding hydrogens is 314 g/mol. The van der Waals surface area contributed by atoms with Crippen molar-refractivity contribution in [1.82, 2.24) is 4.72 Å². The van der Waals surface area contributed by atoms with Crippen molar-refractivity contribution >= 4 is 15.9 Å². The number of fused-ring (bicyclic) bond motifs is 2. The van der Waals surface area contributed by atoms with Gasteiger partial charge < -0.3 is 4.74 Å². The summed E-state index contributed by atoms with van der Waals surface area (Å²) < 4.78 is 32.8. The quantitative estimate of drug-likeness (QED) is 0.740. The molecule has 2 atom stereocenters. The fraction of sp³-hybridized carbons (Fsp3) is 0.471. The van der Waals surface area contributed by atoms with Crippen LogP contribution in [0.1, 0.15) is 32.1 Å². The molecule has 6 heteroatoms. The molecule has 3 rings (SSSR count). The van der Waals surface area contributed by atoms with E-state index in [0.717, 1.165) is 32.1 Å². The van der Waals surface area contributed by atoms with Gasteiger partial charge in [-0.1, -0.05) is 24.3 Å². The topological polar surface area (TPSA) is 72.5 Å². The second-order valence-electron chi connectivity index (χ2n) is 6.05. The zero-order chi connectivity index (χ0) is 16.3. The zero-order valence-electron chi connectivity index (χ0n) is 12.9. The zero-order valence-corrected chi connectivity index (χ0v) is 13.7. The predicted molar refractivity (Wildman–Crippen MR) is 86.5 cm³/mol. The number of carbonyl (C=O) groups is 1. The number of hydrogen-bond donors (Lipinski definition) is 1. The van der Waals surface area contributed by atoms with Crippen molar-refractivity contribution in [3.05, 3.63) is 36.4 Å². The Kier molecular flexibility index (Phi) is 4.71. The van der Waals surface area contributed by atoms with Crippen LogP contribution in [0.3, 0.4) is 0 Å². The maximum Gasteiger partial charge on any atom is 0.267 e. The summed E-state index contributed by atoms with van der Waals surface area (Å²) in [6, 6.07) is 6.44. The third-order valence-electron chi connectivity index (χ3n) is 4.21. The number of para-hydroxylation sites is 1. The predicted octanol–water partition coefficient (Wildman–Crippen LogP) is 2.64. The highest BCUT2D eigenvalue weighted by molar-refractivity contribution is 7.90. The Hall–Kier alpha value is -1.82. The molecule has 1 aliphatic heterocycles. The van der Waals surface area contributed by atoms with Gasteiger partial charge >= 0.3 is 0 Å². The van der Waals surface area contributed by atoms with E-state index in [0.29, 0.717) is 12.4 Å². The first-order valence-corrected chi connectivity index (χ1v) is 9.51. The lowest BCUT2D eigenvalue weighted by molar-refractivity contribution is -0.120. The number of carbonyl (C=O) groups excluding carboxylic acids is 1. The molecule has 0 radical (unpaired) electrons. The summed E-state index contributed by atoms with van der Waals surface area (Å²) in [6.45, 7) is 0.468. The number of ether oxygens (including phenoxy) is 1. The van der Waals surface area contributed by atoms with Crippen molar-refractivity contribution in [3.8, 4) is 5.75 Å². The van der Waals surface area contributed by atoms with Crippen LogP contribution < -0.4 is 9.46 Å². The number of hydrogen-bond acceptors (Lipinski definition) is 4. The smallest absolute Gasteiger partial charge is 0.267 e. The Labute approximate surface area is 136 Å². The highest BCUT2D eigenvalue weighted by atomic mass is 32.2. The van der Waals surface area contributed by atoms with Crippen molar-refractivity contribution in [1.29, 1.82) is 0 Å². The Morgan fingerprint density at radius 2 is 1.96 bits per heavy atom. The summed E-state index contributed by atoms with van der Waals surface area (Å²) in [7, 11) is -3.90. The van der Waals surface area contributed by atoms with Crippen LogP contribution in [0.2, 0.25) is 0 Å². The van der Waals surface area contributed by atoms with Crippen LogP contribution >= 0.6 is 0 Å². The van der Waals surface area contributed by atoms with Gasteiger partial charge in [-0.15, -0.1) is 0 Å². The van der Waals surface area contributed by atoms with Gasteiger partial charge in [0, 0.05) is 5.92 Å². The van der Waals surface area contributed by atoms with Crippen molar-refractivity contribution in [3.63, 3.8) is 0 Å². The molecule has 2 aliphatic rings. The van der Waals surface area contributed by atoms with E-state index < -0.39 is 15.9 Å². The lowest BCUT2D eigenvalue weighted by Gasteiger charge is -2.12. The number of nitrogens with one attached hydrogen (secondary N) is 1. The van der Waals surface area contributed by atoms with Gasteiger partial charge in [-0.25, -0.2) is 13.1 Å². The third kappa shape index (κ3) is 3.93. The first-order chi connectivity index (χ1) is 11.1. The molecular formula is C17H21NO4S. The summed E-state index contributed by atoms with van der Waals surface area (Å²) in [4.78, 5) is 12.2. The molecule has 1 amide bonds. The van der Waals surface area contributed by atoms with Gasteiger partial charge in [-0.2, -0.15) is 0 Å². The first-order valence-electron chi connectivity index (χ1n) is 8.03. The molecule has 1 fully saturated rings. The Morgan fingerprint density at radius 1 is 1.13 bits per heavy atom. The van der Waals surface area contributed by atoms with E-state index in [1.165, 1.54) is 6.07 Å². The molecule has 0 spiro atoms. The van der Waals surface area contributed by atoms with E-state index in [-0.39, 0.29) is 16.7 Å². The van der Waals surface area contributed by atoms with Gasteiger partial charge in [0.2, 0.25) is 5.91 Å². The molecule has 5 nitrogen and oxygen atoms in total. The number of sulfonamides is 1. The molecule has 1 N–H and O–H groups in total. The summed E-state index contributed by atoms with van der Waals surface area (Å²) in [5, 5.41) is 0. The highest BCUT2D eigenvalue weighted by Gasteiger charge is 2.42. The maximum absolute atomic E-state index is 12.5. The van der Waals surface area contributed by atoms with Crippen LogP contribution in [0, 0.1) is 11.8 Å². The van der Waals surface area contributed by atoms with Crippen molar-refractivity contribution in [2.45, 2.75) is 37.0 Å². The summed E-state index contributed by atoms with van der Waals surface area (Å²) in [6.07, 6.45) is 8.83. The van der Waals surface area contributed by atoms with Crippen LogP contribution in [-0.4, -0.2) is 20.9 Å². The lowest BCUT2D eigenvalue weighted by atomic mass is 10.1. The molecule has 23 heavy (non-hydrogen) atoms. The second-order valence-corrected chi connectivity index (χ2v) is 7.70. The van der Waals surface area contributed by atoms with Crippen LogP contribution in [-0.2, 0) is 14.8 Å². The molecule has 1 aromatic carbocycles. The van der Waals surface area contributed by atoms with E-state index in [2.05, 4.69) is 10.8 Å². The Morgan fingerprint density at radius 3 is 2.83 bits per heavy atom. The van der Waals surface area contributed by atoms with Crippen LogP contribution in [0.4, 0.5) is 0 Å². The summed E-state index contributed by atoms with van der Waals surface area (Å²) in [5.41, 5.74) is 0. The molecule has 1 heterocycles. The fourth-order valence-corrected chi connectivity index (χ4v) is 3.95. The SMILES string of the molecule is O=C1NS(=O)(=O)c2ccccc2OCCCCC/C=C/C2C[C@H]12. The summed E-state index contributed by atoms with van der Waals surface area (Å²) >= 11 is 0. The van der Waals surface area contributed by atoms with Crippen LogP contribution in [0.25, 0.3) is 0 Å². The molecule has 1 aromatic rings. The van der Waals surface area contributed by atoms with Crippen molar-refractivity contribution in [2.75, 3.05) is 6.61 Å². The Balaban J connectivity index is 1.84. The van der Waals surface area contributed by atoms with E-state index in [1.54, 1.807) is 18.2 Å². The van der Waals surface area contributed by atoms with E-state index in [9.17, 15) is 13.2 Å². The minimum absolute atomic E-state index is 0.0240. The van der Waals surface area contributed by atoms with Crippen molar-refractivity contribution in [2.24, 2.45) is 11.8 Å². The molecule has 1 saturated carbocycles. The maximum atomic E-state index is 12.5. The number of amides is 1. The minimum Gasteiger partial charge on any atom is -0.492 e. The molecule has 1 unspecified atom stereocenters. The second kappa shape index (κ2) is 6.74. The number of rotatable bonds is 0. The van der Waals surface area contributed by atoms with Gasteiger partial charge in [0.1, 0.15) is 10.6 Å². The van der Waals surface area contributed by atoms with Gasteiger partial charge in [-0.3, -0.25) is 4.79 Å². The van der Waals surface area contributed by atoms with Crippen LogP contribution in [0.5, 0.6) is 5.75 Å². The highest BCUT2D eigenvalue weighted by Crippen LogP contribution is 2.40.